The molecule has 0 unspecified atom stereocenters. The summed E-state index contributed by atoms with van der Waals surface area (Å²) < 4.78 is 6.11. The third-order valence-corrected chi connectivity index (χ3v) is 6.86. The van der Waals surface area contributed by atoms with E-state index >= 15 is 0 Å². The standard InChI is InChI=1S/C22H28N2O3/c1-20(2)15-9-7-8-10-17(15)27-18-12-11-14(13-16(18)20)19-23(25)21(3,4)22(5,6)24(19)26/h7-13,19,25-26H,1-6H3. The summed E-state index contributed by atoms with van der Waals surface area (Å²) in [6, 6.07) is 14.0. The van der Waals surface area contributed by atoms with Crippen molar-refractivity contribution in [1.29, 1.82) is 0 Å². The minimum atomic E-state index is -0.645. The van der Waals surface area contributed by atoms with E-state index in [-0.39, 0.29) is 5.41 Å². The fourth-order valence-electron chi connectivity index (χ4n) is 4.18. The molecular formula is C22H28N2O3. The Balaban J connectivity index is 1.82. The molecule has 1 fully saturated rings. The van der Waals surface area contributed by atoms with Crippen LogP contribution in [-0.4, -0.2) is 31.6 Å². The van der Waals surface area contributed by atoms with Crippen molar-refractivity contribution in [2.45, 2.75) is 64.2 Å². The summed E-state index contributed by atoms with van der Waals surface area (Å²) in [5.41, 5.74) is 1.51. The van der Waals surface area contributed by atoms with Crippen molar-refractivity contribution in [3.63, 3.8) is 0 Å². The average molecular weight is 368 g/mol. The molecule has 4 rings (SSSR count). The summed E-state index contributed by atoms with van der Waals surface area (Å²) in [5, 5.41) is 24.2. The molecule has 2 heterocycles. The van der Waals surface area contributed by atoms with Crippen LogP contribution in [0.2, 0.25) is 0 Å². The minimum Gasteiger partial charge on any atom is -0.457 e. The lowest BCUT2D eigenvalue weighted by molar-refractivity contribution is -0.223. The molecule has 2 aliphatic rings. The van der Waals surface area contributed by atoms with Gasteiger partial charge in [-0.3, -0.25) is 0 Å². The molecule has 5 heteroatoms. The minimum absolute atomic E-state index is 0.246. The average Bonchev–Trinajstić information content (AvgIpc) is 2.73. The summed E-state index contributed by atoms with van der Waals surface area (Å²) in [7, 11) is 0. The highest BCUT2D eigenvalue weighted by molar-refractivity contribution is 5.57. The molecule has 2 aromatic carbocycles. The molecule has 0 bridgehead atoms. The Morgan fingerprint density at radius 1 is 0.778 bits per heavy atom. The van der Waals surface area contributed by atoms with E-state index in [1.807, 2.05) is 64.1 Å². The highest BCUT2D eigenvalue weighted by Gasteiger charge is 2.58. The number of ether oxygens (including phenoxy) is 1. The fourth-order valence-corrected chi connectivity index (χ4v) is 4.18. The van der Waals surface area contributed by atoms with Crippen molar-refractivity contribution in [1.82, 2.24) is 10.1 Å². The highest BCUT2D eigenvalue weighted by atomic mass is 16.6. The van der Waals surface area contributed by atoms with Gasteiger partial charge in [0.1, 0.15) is 17.7 Å². The van der Waals surface area contributed by atoms with Gasteiger partial charge < -0.3 is 15.2 Å². The summed E-state index contributed by atoms with van der Waals surface area (Å²) >= 11 is 0. The molecule has 2 aromatic rings. The van der Waals surface area contributed by atoms with E-state index in [9.17, 15) is 10.4 Å². The molecule has 0 radical (unpaired) electrons. The van der Waals surface area contributed by atoms with E-state index in [2.05, 4.69) is 19.9 Å². The number of hydrogen-bond acceptors (Lipinski definition) is 5. The molecule has 0 spiro atoms. The van der Waals surface area contributed by atoms with Crippen molar-refractivity contribution < 1.29 is 15.2 Å². The Morgan fingerprint density at radius 3 is 1.96 bits per heavy atom. The topological polar surface area (TPSA) is 56.2 Å². The van der Waals surface area contributed by atoms with Crippen molar-refractivity contribution in [2.75, 3.05) is 0 Å². The Morgan fingerprint density at radius 2 is 1.33 bits per heavy atom. The van der Waals surface area contributed by atoms with Gasteiger partial charge in [0.15, 0.2) is 0 Å². The third-order valence-electron chi connectivity index (χ3n) is 6.86. The maximum atomic E-state index is 10.9. The SMILES string of the molecule is CC1(C)c2ccccc2Oc2ccc(C3N(O)C(C)(C)C(C)(C)N3O)cc21. The molecule has 0 aromatic heterocycles. The van der Waals surface area contributed by atoms with Crippen LogP contribution in [-0.2, 0) is 5.41 Å². The van der Waals surface area contributed by atoms with Gasteiger partial charge in [0.25, 0.3) is 0 Å². The summed E-state index contributed by atoms with van der Waals surface area (Å²) in [4.78, 5) is 0. The zero-order valence-electron chi connectivity index (χ0n) is 16.8. The number of rotatable bonds is 1. The molecule has 27 heavy (non-hydrogen) atoms. The first-order valence-corrected chi connectivity index (χ1v) is 9.38. The van der Waals surface area contributed by atoms with Crippen LogP contribution in [0, 0.1) is 0 Å². The molecule has 0 aliphatic carbocycles. The summed E-state index contributed by atoms with van der Waals surface area (Å²) in [6.07, 6.45) is -0.645. The quantitative estimate of drug-likeness (QED) is 0.736. The monoisotopic (exact) mass is 368 g/mol. The Hall–Kier alpha value is -1.92. The van der Waals surface area contributed by atoms with Gasteiger partial charge in [-0.2, -0.15) is 10.1 Å². The lowest BCUT2D eigenvalue weighted by Gasteiger charge is -2.37. The van der Waals surface area contributed by atoms with Gasteiger partial charge >= 0.3 is 0 Å². The Kier molecular flexibility index (Phi) is 3.79. The second kappa shape index (κ2) is 5.55. The van der Waals surface area contributed by atoms with Gasteiger partial charge in [-0.15, -0.1) is 0 Å². The van der Waals surface area contributed by atoms with E-state index in [4.69, 9.17) is 4.74 Å². The molecule has 1 saturated heterocycles. The van der Waals surface area contributed by atoms with Crippen LogP contribution in [0.25, 0.3) is 0 Å². The maximum Gasteiger partial charge on any atom is 0.136 e. The largest absolute Gasteiger partial charge is 0.457 e. The smallest absolute Gasteiger partial charge is 0.136 e. The number of hydrogen-bond donors (Lipinski definition) is 2. The van der Waals surface area contributed by atoms with Crippen molar-refractivity contribution in [3.8, 4) is 11.5 Å². The van der Waals surface area contributed by atoms with Gasteiger partial charge in [-0.05, 0) is 51.5 Å². The lowest BCUT2D eigenvalue weighted by atomic mass is 9.75. The van der Waals surface area contributed by atoms with Crippen LogP contribution >= 0.6 is 0 Å². The number of fused-ring (bicyclic) bond motifs is 2. The van der Waals surface area contributed by atoms with Crippen LogP contribution in [0.1, 0.15) is 64.4 Å². The van der Waals surface area contributed by atoms with Crippen LogP contribution in [0.5, 0.6) is 11.5 Å². The first-order chi connectivity index (χ1) is 12.5. The first-order valence-electron chi connectivity index (χ1n) is 9.38. The van der Waals surface area contributed by atoms with Crippen molar-refractivity contribution >= 4 is 0 Å². The second-order valence-corrected chi connectivity index (χ2v) is 9.16. The predicted molar refractivity (Wildman–Crippen MR) is 103 cm³/mol. The normalized spacial score (nSPS) is 23.6. The molecule has 5 nitrogen and oxygen atoms in total. The van der Waals surface area contributed by atoms with Gasteiger partial charge in [0, 0.05) is 16.5 Å². The zero-order valence-corrected chi connectivity index (χ0v) is 16.8. The van der Waals surface area contributed by atoms with E-state index in [1.54, 1.807) is 0 Å². The van der Waals surface area contributed by atoms with Gasteiger partial charge in [-0.25, -0.2) is 0 Å². The third kappa shape index (κ3) is 2.32. The molecular weight excluding hydrogens is 340 g/mol. The maximum absolute atomic E-state index is 10.9. The Bertz CT molecular complexity index is 884. The number of benzene rings is 2. The summed E-state index contributed by atoms with van der Waals surface area (Å²) in [5.74, 6) is 1.69. The number of hydroxylamine groups is 4. The molecule has 144 valence electrons. The van der Waals surface area contributed by atoms with E-state index in [1.165, 1.54) is 10.1 Å². The van der Waals surface area contributed by atoms with E-state index in [0.29, 0.717) is 0 Å². The zero-order chi connectivity index (χ0) is 19.8. The number of nitrogens with zero attached hydrogens (tertiary/aromatic N) is 2. The lowest BCUT2D eigenvalue weighted by Crippen LogP contribution is -2.52. The fraction of sp³-hybridized carbons (Fsp3) is 0.455. The first kappa shape index (κ1) is 18.4. The van der Waals surface area contributed by atoms with Crippen LogP contribution < -0.4 is 4.74 Å². The highest BCUT2D eigenvalue weighted by Crippen LogP contribution is 2.51. The molecule has 0 amide bonds. The van der Waals surface area contributed by atoms with Gasteiger partial charge in [0.05, 0.1) is 11.1 Å². The van der Waals surface area contributed by atoms with E-state index < -0.39 is 17.2 Å². The van der Waals surface area contributed by atoms with E-state index in [0.717, 1.165) is 28.2 Å². The van der Waals surface area contributed by atoms with Crippen LogP contribution in [0.15, 0.2) is 42.5 Å². The second-order valence-electron chi connectivity index (χ2n) is 9.16. The molecule has 2 aliphatic heterocycles. The molecule has 0 saturated carbocycles. The van der Waals surface area contributed by atoms with Gasteiger partial charge in [-0.1, -0.05) is 38.1 Å². The Labute approximate surface area is 160 Å². The number of para-hydroxylation sites is 1. The molecule has 2 N–H and O–H groups in total. The van der Waals surface area contributed by atoms with Crippen molar-refractivity contribution in [3.05, 3.63) is 59.2 Å². The molecule has 0 atom stereocenters. The van der Waals surface area contributed by atoms with Crippen LogP contribution in [0.3, 0.4) is 0 Å². The predicted octanol–water partition coefficient (Wildman–Crippen LogP) is 5.07. The van der Waals surface area contributed by atoms with Gasteiger partial charge in [0.2, 0.25) is 0 Å². The van der Waals surface area contributed by atoms with Crippen molar-refractivity contribution in [2.24, 2.45) is 0 Å². The van der Waals surface area contributed by atoms with Crippen LogP contribution in [0.4, 0.5) is 0 Å². The summed E-state index contributed by atoms with van der Waals surface area (Å²) in [6.45, 7) is 12.1.